The quantitative estimate of drug-likeness (QED) is 0.685. The summed E-state index contributed by atoms with van der Waals surface area (Å²) in [5.41, 5.74) is 0.755. The second-order valence-corrected chi connectivity index (χ2v) is 7.63. The van der Waals surface area contributed by atoms with Crippen molar-refractivity contribution in [2.24, 2.45) is 16.7 Å². The molecule has 1 aromatic carbocycles. The minimum atomic E-state index is -0.457. The third kappa shape index (κ3) is 2.19. The van der Waals surface area contributed by atoms with Crippen molar-refractivity contribution in [2.45, 2.75) is 46.1 Å². The Bertz CT molecular complexity index is 619. The van der Waals surface area contributed by atoms with Crippen molar-refractivity contribution in [1.82, 2.24) is 5.32 Å². The highest BCUT2D eigenvalue weighted by Gasteiger charge is 2.59. The van der Waals surface area contributed by atoms with Gasteiger partial charge >= 0.3 is 0 Å². The summed E-state index contributed by atoms with van der Waals surface area (Å²) in [6.07, 6.45) is 3.57. The van der Waals surface area contributed by atoms with Crippen LogP contribution in [0.5, 0.6) is 0 Å². The lowest BCUT2D eigenvalue weighted by atomic mass is 9.68. The van der Waals surface area contributed by atoms with Crippen molar-refractivity contribution in [2.75, 3.05) is 0 Å². The van der Waals surface area contributed by atoms with Crippen LogP contribution in [-0.2, 0) is 0 Å². The van der Waals surface area contributed by atoms with Gasteiger partial charge in [0.05, 0.1) is 4.92 Å². The molecule has 0 spiro atoms. The summed E-state index contributed by atoms with van der Waals surface area (Å²) < 4.78 is 0. The van der Waals surface area contributed by atoms with Crippen LogP contribution in [0.15, 0.2) is 24.3 Å². The lowest BCUT2D eigenvalue weighted by molar-refractivity contribution is -0.384. The Balaban J connectivity index is 1.78. The van der Waals surface area contributed by atoms with Crippen LogP contribution in [0.4, 0.5) is 5.69 Å². The summed E-state index contributed by atoms with van der Waals surface area (Å²) in [5.74, 6) is 0.529. The summed E-state index contributed by atoms with van der Waals surface area (Å²) in [6.45, 7) is 6.74. The van der Waals surface area contributed by atoms with Gasteiger partial charge in [-0.25, -0.2) is 0 Å². The maximum Gasteiger partial charge on any atom is 0.269 e. The summed E-state index contributed by atoms with van der Waals surface area (Å²) in [5, 5.41) is 13.9. The Morgan fingerprint density at radius 3 is 2.41 bits per heavy atom. The molecule has 0 aliphatic heterocycles. The van der Waals surface area contributed by atoms with E-state index < -0.39 is 4.92 Å². The summed E-state index contributed by atoms with van der Waals surface area (Å²) >= 11 is 0. The third-order valence-electron chi connectivity index (χ3n) is 5.89. The van der Waals surface area contributed by atoms with Gasteiger partial charge in [-0.15, -0.1) is 0 Å². The first kappa shape index (κ1) is 15.0. The highest BCUT2D eigenvalue weighted by molar-refractivity contribution is 5.94. The normalized spacial score (nSPS) is 32.0. The Hall–Kier alpha value is -1.91. The maximum atomic E-state index is 12.5. The van der Waals surface area contributed by atoms with E-state index in [0.717, 1.165) is 6.42 Å². The molecule has 1 amide bonds. The van der Waals surface area contributed by atoms with Crippen LogP contribution in [0.3, 0.4) is 0 Å². The molecule has 3 rings (SSSR count). The van der Waals surface area contributed by atoms with Crippen molar-refractivity contribution >= 4 is 11.6 Å². The van der Waals surface area contributed by atoms with Gasteiger partial charge < -0.3 is 5.32 Å². The van der Waals surface area contributed by atoms with E-state index in [9.17, 15) is 14.9 Å². The fourth-order valence-corrected chi connectivity index (χ4v) is 4.61. The van der Waals surface area contributed by atoms with Crippen molar-refractivity contribution in [3.63, 3.8) is 0 Å². The molecule has 22 heavy (non-hydrogen) atoms. The van der Waals surface area contributed by atoms with Crippen LogP contribution in [0.2, 0.25) is 0 Å². The van der Waals surface area contributed by atoms with Gasteiger partial charge in [0.1, 0.15) is 0 Å². The molecule has 0 saturated heterocycles. The highest BCUT2D eigenvalue weighted by Crippen LogP contribution is 2.62. The summed E-state index contributed by atoms with van der Waals surface area (Å²) in [7, 11) is 0. The molecule has 1 aromatic rings. The van der Waals surface area contributed by atoms with E-state index in [1.165, 1.54) is 37.1 Å². The van der Waals surface area contributed by atoms with Crippen molar-refractivity contribution in [1.29, 1.82) is 0 Å². The molecule has 2 aliphatic rings. The zero-order valence-corrected chi connectivity index (χ0v) is 13.3. The van der Waals surface area contributed by atoms with Gasteiger partial charge in [0.15, 0.2) is 0 Å². The summed E-state index contributed by atoms with van der Waals surface area (Å²) in [4.78, 5) is 22.7. The molecule has 3 atom stereocenters. The number of nitrogens with one attached hydrogen (secondary N) is 1. The standard InChI is InChI=1S/C17H22N2O3/c1-16(2)12-8-9-17(3,10-12)15(16)18-14(20)11-4-6-13(7-5-11)19(21)22/h4-7,12,15H,8-10H2,1-3H3,(H,18,20)/t12-,15+,17+/m0/s1. The Morgan fingerprint density at radius 2 is 1.91 bits per heavy atom. The number of non-ortho nitro benzene ring substituents is 1. The van der Waals surface area contributed by atoms with Gasteiger partial charge in [0, 0.05) is 23.7 Å². The molecule has 2 aliphatic carbocycles. The number of nitro groups is 1. The number of benzene rings is 1. The molecule has 0 unspecified atom stereocenters. The third-order valence-corrected chi connectivity index (χ3v) is 5.89. The Morgan fingerprint density at radius 1 is 1.27 bits per heavy atom. The molecule has 0 radical (unpaired) electrons. The van der Waals surface area contributed by atoms with Crippen LogP contribution >= 0.6 is 0 Å². The Labute approximate surface area is 130 Å². The first-order chi connectivity index (χ1) is 10.2. The molecule has 2 saturated carbocycles. The number of hydrogen-bond donors (Lipinski definition) is 1. The van der Waals surface area contributed by atoms with Crippen LogP contribution in [0.1, 0.15) is 50.4 Å². The molecule has 2 bridgehead atoms. The lowest BCUT2D eigenvalue weighted by Gasteiger charge is -2.43. The van der Waals surface area contributed by atoms with Crippen LogP contribution in [0.25, 0.3) is 0 Å². The molecule has 118 valence electrons. The predicted octanol–water partition coefficient (Wildman–Crippen LogP) is 3.54. The number of amides is 1. The van der Waals surface area contributed by atoms with Gasteiger partial charge in [0.25, 0.3) is 11.6 Å². The van der Waals surface area contributed by atoms with Gasteiger partial charge in [-0.3, -0.25) is 14.9 Å². The highest BCUT2D eigenvalue weighted by atomic mass is 16.6. The van der Waals surface area contributed by atoms with E-state index >= 15 is 0 Å². The van der Waals surface area contributed by atoms with E-state index in [-0.39, 0.29) is 28.5 Å². The van der Waals surface area contributed by atoms with Crippen molar-refractivity contribution in [3.8, 4) is 0 Å². The fourth-order valence-electron chi connectivity index (χ4n) is 4.61. The number of fused-ring (bicyclic) bond motifs is 2. The number of carbonyl (C=O) groups excluding carboxylic acids is 1. The lowest BCUT2D eigenvalue weighted by Crippen LogP contribution is -2.52. The van der Waals surface area contributed by atoms with Crippen molar-refractivity contribution in [3.05, 3.63) is 39.9 Å². The van der Waals surface area contributed by atoms with E-state index in [0.29, 0.717) is 11.5 Å². The molecular formula is C17H22N2O3. The van der Waals surface area contributed by atoms with E-state index in [1.807, 2.05) is 0 Å². The molecule has 2 fully saturated rings. The monoisotopic (exact) mass is 302 g/mol. The zero-order chi connectivity index (χ0) is 16.1. The molecule has 5 nitrogen and oxygen atoms in total. The average molecular weight is 302 g/mol. The maximum absolute atomic E-state index is 12.5. The average Bonchev–Trinajstić information content (AvgIpc) is 2.94. The van der Waals surface area contributed by atoms with Gasteiger partial charge in [-0.05, 0) is 48.1 Å². The van der Waals surface area contributed by atoms with E-state index in [4.69, 9.17) is 0 Å². The molecule has 5 heteroatoms. The van der Waals surface area contributed by atoms with Crippen LogP contribution < -0.4 is 5.32 Å². The predicted molar refractivity (Wildman–Crippen MR) is 83.6 cm³/mol. The number of nitro benzene ring substituents is 1. The number of carbonyl (C=O) groups is 1. The van der Waals surface area contributed by atoms with E-state index in [2.05, 4.69) is 26.1 Å². The molecular weight excluding hydrogens is 280 g/mol. The first-order valence-corrected chi connectivity index (χ1v) is 7.79. The largest absolute Gasteiger partial charge is 0.348 e. The number of hydrogen-bond acceptors (Lipinski definition) is 3. The SMILES string of the molecule is CC1(C)[C@H]2CC[C@](C)(C2)[C@@H]1NC(=O)c1ccc([N+](=O)[O-])cc1. The number of nitrogens with zero attached hydrogens (tertiary/aromatic N) is 1. The zero-order valence-electron chi connectivity index (χ0n) is 13.3. The number of rotatable bonds is 3. The molecule has 1 N–H and O–H groups in total. The smallest absolute Gasteiger partial charge is 0.269 e. The fraction of sp³-hybridized carbons (Fsp3) is 0.588. The second kappa shape index (κ2) is 4.80. The van der Waals surface area contributed by atoms with Crippen LogP contribution in [-0.4, -0.2) is 16.9 Å². The van der Waals surface area contributed by atoms with E-state index in [1.54, 1.807) is 0 Å². The minimum Gasteiger partial charge on any atom is -0.348 e. The first-order valence-electron chi connectivity index (χ1n) is 7.79. The second-order valence-electron chi connectivity index (χ2n) is 7.63. The van der Waals surface area contributed by atoms with Crippen LogP contribution in [0, 0.1) is 26.9 Å². The minimum absolute atomic E-state index is 0.00349. The molecule has 0 aromatic heterocycles. The van der Waals surface area contributed by atoms with Gasteiger partial charge in [-0.1, -0.05) is 20.8 Å². The van der Waals surface area contributed by atoms with Gasteiger partial charge in [-0.2, -0.15) is 0 Å². The van der Waals surface area contributed by atoms with Gasteiger partial charge in [0.2, 0.25) is 0 Å². The van der Waals surface area contributed by atoms with Crippen molar-refractivity contribution < 1.29 is 9.72 Å². The Kier molecular flexibility index (Phi) is 3.27. The molecule has 0 heterocycles. The topological polar surface area (TPSA) is 72.2 Å². The summed E-state index contributed by atoms with van der Waals surface area (Å²) in [6, 6.07) is 5.96.